The Labute approximate surface area is 113 Å². The number of aryl methyl sites for hydroxylation is 1. The lowest BCUT2D eigenvalue weighted by molar-refractivity contribution is -0.117. The van der Waals surface area contributed by atoms with E-state index in [2.05, 4.69) is 20.8 Å². The van der Waals surface area contributed by atoms with Crippen molar-refractivity contribution < 1.29 is 18.8 Å². The molecule has 2 aromatic rings. The van der Waals surface area contributed by atoms with Gasteiger partial charge in [-0.25, -0.2) is 9.48 Å². The SMILES string of the molecule is CCOC(=O)c1cn(CC(=O)Nc2cc(C)on2)nn1. The van der Waals surface area contributed by atoms with E-state index in [0.29, 0.717) is 11.6 Å². The van der Waals surface area contributed by atoms with E-state index in [4.69, 9.17) is 9.26 Å². The van der Waals surface area contributed by atoms with Crippen LogP contribution in [0, 0.1) is 6.92 Å². The summed E-state index contributed by atoms with van der Waals surface area (Å²) in [5, 5.41) is 13.4. The normalized spacial score (nSPS) is 10.3. The lowest BCUT2D eigenvalue weighted by Gasteiger charge is -2.00. The minimum absolute atomic E-state index is 0.0527. The molecule has 20 heavy (non-hydrogen) atoms. The van der Waals surface area contributed by atoms with E-state index in [1.807, 2.05) is 0 Å². The zero-order chi connectivity index (χ0) is 14.5. The predicted octanol–water partition coefficient (Wildman–Crippen LogP) is 0.390. The van der Waals surface area contributed by atoms with Crippen molar-refractivity contribution in [2.45, 2.75) is 20.4 Å². The minimum Gasteiger partial charge on any atom is -0.461 e. The third-order valence-corrected chi connectivity index (χ3v) is 2.22. The van der Waals surface area contributed by atoms with E-state index >= 15 is 0 Å². The summed E-state index contributed by atoms with van der Waals surface area (Å²) in [7, 11) is 0. The van der Waals surface area contributed by atoms with Gasteiger partial charge < -0.3 is 14.6 Å². The first-order chi connectivity index (χ1) is 9.58. The van der Waals surface area contributed by atoms with Crippen molar-refractivity contribution in [1.29, 1.82) is 0 Å². The third-order valence-electron chi connectivity index (χ3n) is 2.22. The average Bonchev–Trinajstić information content (AvgIpc) is 2.99. The number of rotatable bonds is 5. The van der Waals surface area contributed by atoms with Crippen LogP contribution >= 0.6 is 0 Å². The average molecular weight is 279 g/mol. The molecule has 0 aromatic carbocycles. The molecule has 0 spiro atoms. The molecular weight excluding hydrogens is 266 g/mol. The molecule has 9 nitrogen and oxygen atoms in total. The number of anilines is 1. The number of nitrogens with zero attached hydrogens (tertiary/aromatic N) is 4. The Balaban J connectivity index is 1.93. The largest absolute Gasteiger partial charge is 0.461 e. The van der Waals surface area contributed by atoms with Crippen LogP contribution < -0.4 is 5.32 Å². The van der Waals surface area contributed by atoms with Gasteiger partial charge in [0.2, 0.25) is 5.91 Å². The number of carbonyl (C=O) groups excluding carboxylic acids is 2. The first-order valence-corrected chi connectivity index (χ1v) is 5.89. The molecule has 0 radical (unpaired) electrons. The third kappa shape index (κ3) is 3.40. The number of hydrogen-bond acceptors (Lipinski definition) is 7. The van der Waals surface area contributed by atoms with Crippen LogP contribution in [-0.4, -0.2) is 38.6 Å². The standard InChI is InChI=1S/C11H13N5O4/c1-3-19-11(18)8-5-16(15-13-8)6-10(17)12-9-4-7(2)20-14-9/h4-5H,3,6H2,1-2H3,(H,12,14,17). The van der Waals surface area contributed by atoms with Gasteiger partial charge >= 0.3 is 5.97 Å². The van der Waals surface area contributed by atoms with E-state index in [1.165, 1.54) is 10.9 Å². The highest BCUT2D eigenvalue weighted by atomic mass is 16.5. The second-order valence-corrected chi connectivity index (χ2v) is 3.89. The topological polar surface area (TPSA) is 112 Å². The fourth-order valence-electron chi connectivity index (χ4n) is 1.43. The van der Waals surface area contributed by atoms with Crippen molar-refractivity contribution in [2.24, 2.45) is 0 Å². The summed E-state index contributed by atoms with van der Waals surface area (Å²) in [6.07, 6.45) is 1.34. The summed E-state index contributed by atoms with van der Waals surface area (Å²) in [5.74, 6) is -0.0335. The van der Waals surface area contributed by atoms with Gasteiger partial charge in [0.05, 0.1) is 12.8 Å². The number of aromatic nitrogens is 4. The Hall–Kier alpha value is -2.71. The molecule has 1 N–H and O–H groups in total. The number of nitrogens with one attached hydrogen (secondary N) is 1. The van der Waals surface area contributed by atoms with Crippen LogP contribution in [0.3, 0.4) is 0 Å². The van der Waals surface area contributed by atoms with Crippen LogP contribution in [0.4, 0.5) is 5.82 Å². The van der Waals surface area contributed by atoms with Crippen molar-refractivity contribution >= 4 is 17.7 Å². The molecule has 0 aliphatic carbocycles. The zero-order valence-electron chi connectivity index (χ0n) is 11.0. The summed E-state index contributed by atoms with van der Waals surface area (Å²) in [6.45, 7) is 3.55. The van der Waals surface area contributed by atoms with E-state index in [1.54, 1.807) is 19.9 Å². The maximum atomic E-state index is 11.7. The first-order valence-electron chi connectivity index (χ1n) is 5.89. The molecule has 0 saturated carbocycles. The van der Waals surface area contributed by atoms with Gasteiger partial charge in [-0.15, -0.1) is 5.10 Å². The Morgan fingerprint density at radius 2 is 2.30 bits per heavy atom. The molecule has 2 aromatic heterocycles. The number of ether oxygens (including phenoxy) is 1. The highest BCUT2D eigenvalue weighted by Gasteiger charge is 2.13. The fraction of sp³-hybridized carbons (Fsp3) is 0.364. The van der Waals surface area contributed by atoms with Crippen LogP contribution in [-0.2, 0) is 16.1 Å². The summed E-state index contributed by atoms with van der Waals surface area (Å²) in [4.78, 5) is 23.1. The first kappa shape index (κ1) is 13.7. The lowest BCUT2D eigenvalue weighted by atomic mass is 10.4. The number of amides is 1. The monoisotopic (exact) mass is 279 g/mol. The molecule has 0 atom stereocenters. The Morgan fingerprint density at radius 1 is 1.50 bits per heavy atom. The highest BCUT2D eigenvalue weighted by molar-refractivity contribution is 5.90. The van der Waals surface area contributed by atoms with E-state index in [-0.39, 0.29) is 24.8 Å². The lowest BCUT2D eigenvalue weighted by Crippen LogP contribution is -2.19. The molecule has 0 aliphatic heterocycles. The number of hydrogen-bond donors (Lipinski definition) is 1. The molecule has 0 unspecified atom stereocenters. The van der Waals surface area contributed by atoms with Gasteiger partial charge in [-0.1, -0.05) is 10.4 Å². The van der Waals surface area contributed by atoms with Gasteiger partial charge in [0.25, 0.3) is 0 Å². The van der Waals surface area contributed by atoms with E-state index < -0.39 is 5.97 Å². The van der Waals surface area contributed by atoms with E-state index in [9.17, 15) is 9.59 Å². The van der Waals surface area contributed by atoms with Crippen LogP contribution in [0.1, 0.15) is 23.2 Å². The summed E-state index contributed by atoms with van der Waals surface area (Å²) in [6, 6.07) is 1.59. The molecule has 0 fully saturated rings. The Kier molecular flexibility index (Phi) is 4.08. The van der Waals surface area contributed by atoms with Gasteiger partial charge in [0.15, 0.2) is 11.5 Å². The van der Waals surface area contributed by atoms with E-state index in [0.717, 1.165) is 0 Å². The molecule has 1 amide bonds. The molecule has 0 saturated heterocycles. The van der Waals surface area contributed by atoms with Gasteiger partial charge in [-0.2, -0.15) is 0 Å². The van der Waals surface area contributed by atoms with Crippen molar-refractivity contribution in [3.05, 3.63) is 23.7 Å². The predicted molar refractivity (Wildman–Crippen MR) is 65.8 cm³/mol. The maximum Gasteiger partial charge on any atom is 0.360 e. The van der Waals surface area contributed by atoms with Gasteiger partial charge in [0.1, 0.15) is 12.3 Å². The molecule has 0 bridgehead atoms. The van der Waals surface area contributed by atoms with Crippen molar-refractivity contribution in [2.75, 3.05) is 11.9 Å². The van der Waals surface area contributed by atoms with Crippen LogP contribution in [0.5, 0.6) is 0 Å². The van der Waals surface area contributed by atoms with Gasteiger partial charge in [-0.3, -0.25) is 4.79 Å². The summed E-state index contributed by atoms with van der Waals surface area (Å²) in [5.41, 5.74) is 0.0527. The molecule has 2 heterocycles. The van der Waals surface area contributed by atoms with Crippen LogP contribution in [0.25, 0.3) is 0 Å². The van der Waals surface area contributed by atoms with Crippen LogP contribution in [0.15, 0.2) is 16.8 Å². The smallest absolute Gasteiger partial charge is 0.360 e. The zero-order valence-corrected chi connectivity index (χ0v) is 11.0. The molecule has 106 valence electrons. The molecule has 2 rings (SSSR count). The maximum absolute atomic E-state index is 11.7. The second kappa shape index (κ2) is 5.95. The number of esters is 1. The van der Waals surface area contributed by atoms with Crippen molar-refractivity contribution in [1.82, 2.24) is 20.2 Å². The highest BCUT2D eigenvalue weighted by Crippen LogP contribution is 2.07. The fourth-order valence-corrected chi connectivity index (χ4v) is 1.43. The second-order valence-electron chi connectivity index (χ2n) is 3.89. The Morgan fingerprint density at radius 3 is 2.95 bits per heavy atom. The minimum atomic E-state index is -0.578. The van der Waals surface area contributed by atoms with Gasteiger partial charge in [0, 0.05) is 6.07 Å². The molecular formula is C11H13N5O4. The van der Waals surface area contributed by atoms with Crippen molar-refractivity contribution in [3.8, 4) is 0 Å². The molecule has 9 heteroatoms. The number of carbonyl (C=O) groups is 2. The van der Waals surface area contributed by atoms with Crippen molar-refractivity contribution in [3.63, 3.8) is 0 Å². The Bertz CT molecular complexity index is 618. The summed E-state index contributed by atoms with van der Waals surface area (Å²) < 4.78 is 10.8. The van der Waals surface area contributed by atoms with Crippen LogP contribution in [0.2, 0.25) is 0 Å². The summed E-state index contributed by atoms with van der Waals surface area (Å²) >= 11 is 0. The quantitative estimate of drug-likeness (QED) is 0.788. The molecule has 0 aliphatic rings. The van der Waals surface area contributed by atoms with Gasteiger partial charge in [-0.05, 0) is 13.8 Å².